The van der Waals surface area contributed by atoms with Crippen molar-refractivity contribution in [2.45, 2.75) is 64.2 Å². The minimum absolute atomic E-state index is 0.0147. The Kier molecular flexibility index (Phi) is 5.82. The fraction of sp³-hybridized carbons (Fsp3) is 0.565. The largest absolute Gasteiger partial charge is 0.383 e. The summed E-state index contributed by atoms with van der Waals surface area (Å²) in [5.74, 6) is 2.99. The van der Waals surface area contributed by atoms with Gasteiger partial charge < -0.3 is 9.30 Å². The van der Waals surface area contributed by atoms with E-state index in [4.69, 9.17) is 9.72 Å². The Hall–Kier alpha value is -2.58. The van der Waals surface area contributed by atoms with E-state index in [1.54, 1.807) is 7.11 Å². The summed E-state index contributed by atoms with van der Waals surface area (Å²) in [5.41, 5.74) is 0.778. The number of fused-ring (bicyclic) bond motifs is 2. The highest BCUT2D eigenvalue weighted by atomic mass is 16.5. The van der Waals surface area contributed by atoms with E-state index in [0.717, 1.165) is 61.9 Å². The van der Waals surface area contributed by atoms with E-state index in [0.29, 0.717) is 18.5 Å². The number of rotatable bonds is 6. The average Bonchev–Trinajstić information content (AvgIpc) is 3.33. The highest BCUT2D eigenvalue weighted by Gasteiger charge is 2.32. The summed E-state index contributed by atoms with van der Waals surface area (Å²) in [6, 6.07) is 7.71. The first-order valence-corrected chi connectivity index (χ1v) is 11.4. The lowest BCUT2D eigenvalue weighted by Gasteiger charge is -2.26. The van der Waals surface area contributed by atoms with Gasteiger partial charge in [0.15, 0.2) is 0 Å². The molecule has 1 aromatic carbocycles. The normalized spacial score (nSPS) is 19.6. The topological polar surface area (TPSA) is 78.1 Å². The molecule has 1 atom stereocenters. The maximum absolute atomic E-state index is 13.3. The van der Waals surface area contributed by atoms with Crippen LogP contribution in [0.5, 0.6) is 0 Å². The maximum atomic E-state index is 13.3. The molecule has 0 saturated carbocycles. The molecule has 0 aliphatic carbocycles. The Morgan fingerprint density at radius 2 is 2.00 bits per heavy atom. The van der Waals surface area contributed by atoms with Crippen LogP contribution >= 0.6 is 0 Å². The molecule has 2 aromatic heterocycles. The zero-order chi connectivity index (χ0) is 21.2. The molecule has 3 aromatic rings. The highest BCUT2D eigenvalue weighted by Crippen LogP contribution is 2.32. The Balaban J connectivity index is 1.50. The van der Waals surface area contributed by atoms with Gasteiger partial charge in [0.2, 0.25) is 0 Å². The smallest absolute Gasteiger partial charge is 0.261 e. The molecule has 1 unspecified atom stereocenters. The summed E-state index contributed by atoms with van der Waals surface area (Å²) in [7, 11) is 1.66. The summed E-state index contributed by atoms with van der Waals surface area (Å²) in [6.45, 7) is 3.71. The van der Waals surface area contributed by atoms with Gasteiger partial charge in [-0.25, -0.2) is 4.98 Å². The van der Waals surface area contributed by atoms with E-state index >= 15 is 0 Å². The Bertz CT molecular complexity index is 1120. The van der Waals surface area contributed by atoms with E-state index in [1.165, 1.54) is 19.3 Å². The minimum atomic E-state index is 0.0147. The number of hydrogen-bond donors (Lipinski definition) is 0. The number of aromatic nitrogens is 5. The zero-order valence-electron chi connectivity index (χ0n) is 18.2. The molecule has 0 N–H and O–H groups in total. The number of likely N-dealkylation sites (tertiary alicyclic amines) is 1. The summed E-state index contributed by atoms with van der Waals surface area (Å²) >= 11 is 0. The quantitative estimate of drug-likeness (QED) is 0.608. The second-order valence-electron chi connectivity index (χ2n) is 8.56. The molecule has 5 rings (SSSR count). The lowest BCUT2D eigenvalue weighted by Crippen LogP contribution is -2.33. The second kappa shape index (κ2) is 8.88. The van der Waals surface area contributed by atoms with Crippen molar-refractivity contribution in [3.8, 4) is 0 Å². The van der Waals surface area contributed by atoms with Crippen molar-refractivity contribution in [1.29, 1.82) is 0 Å². The number of hydrogen-bond acceptors (Lipinski definition) is 6. The zero-order valence-corrected chi connectivity index (χ0v) is 18.2. The van der Waals surface area contributed by atoms with Crippen LogP contribution in [0.4, 0.5) is 0 Å². The van der Waals surface area contributed by atoms with E-state index in [1.807, 2.05) is 28.8 Å². The Morgan fingerprint density at radius 3 is 2.90 bits per heavy atom. The van der Waals surface area contributed by atoms with Crippen molar-refractivity contribution in [1.82, 2.24) is 29.2 Å². The van der Waals surface area contributed by atoms with Gasteiger partial charge in [-0.15, -0.1) is 10.2 Å². The highest BCUT2D eigenvalue weighted by molar-refractivity contribution is 5.77. The Morgan fingerprint density at radius 1 is 1.10 bits per heavy atom. The van der Waals surface area contributed by atoms with Crippen LogP contribution in [-0.2, 0) is 30.8 Å². The third kappa shape index (κ3) is 3.90. The first-order valence-electron chi connectivity index (χ1n) is 11.4. The molecule has 0 radical (unpaired) electrons. The molecule has 164 valence electrons. The third-order valence-electron chi connectivity index (χ3n) is 6.60. The number of benzene rings is 1. The summed E-state index contributed by atoms with van der Waals surface area (Å²) in [4.78, 5) is 20.7. The summed E-state index contributed by atoms with van der Waals surface area (Å²) in [6.07, 6.45) is 6.71. The molecule has 8 nitrogen and oxygen atoms in total. The van der Waals surface area contributed by atoms with E-state index < -0.39 is 0 Å². The minimum Gasteiger partial charge on any atom is -0.383 e. The van der Waals surface area contributed by atoms with Crippen LogP contribution in [0.3, 0.4) is 0 Å². The molecule has 0 spiro atoms. The predicted octanol–water partition coefficient (Wildman–Crippen LogP) is 2.70. The van der Waals surface area contributed by atoms with E-state index in [9.17, 15) is 4.79 Å². The molecule has 0 bridgehead atoms. The fourth-order valence-corrected chi connectivity index (χ4v) is 4.99. The molecule has 2 aliphatic rings. The summed E-state index contributed by atoms with van der Waals surface area (Å²) < 4.78 is 9.43. The van der Waals surface area contributed by atoms with Gasteiger partial charge in [0.1, 0.15) is 17.5 Å². The van der Waals surface area contributed by atoms with Gasteiger partial charge in [-0.2, -0.15) is 0 Å². The molecular formula is C23H30N6O2. The van der Waals surface area contributed by atoms with Crippen LogP contribution in [0, 0.1) is 0 Å². The molecule has 0 amide bonds. The monoisotopic (exact) mass is 422 g/mol. The van der Waals surface area contributed by atoms with E-state index in [-0.39, 0.29) is 11.6 Å². The van der Waals surface area contributed by atoms with Crippen LogP contribution in [0.25, 0.3) is 10.9 Å². The van der Waals surface area contributed by atoms with Crippen LogP contribution in [0.1, 0.15) is 55.6 Å². The van der Waals surface area contributed by atoms with Gasteiger partial charge in [-0.3, -0.25) is 14.3 Å². The fourth-order valence-electron chi connectivity index (χ4n) is 4.99. The van der Waals surface area contributed by atoms with E-state index in [2.05, 4.69) is 19.7 Å². The molecular weight excluding hydrogens is 392 g/mol. The molecule has 1 fully saturated rings. The molecule has 2 aliphatic heterocycles. The van der Waals surface area contributed by atoms with Crippen LogP contribution in [0.2, 0.25) is 0 Å². The van der Waals surface area contributed by atoms with Crippen molar-refractivity contribution in [3.63, 3.8) is 0 Å². The number of nitrogens with zero attached hydrogens (tertiary/aromatic N) is 6. The number of aryl methyl sites for hydroxylation is 1. The summed E-state index contributed by atoms with van der Waals surface area (Å²) in [5, 5.41) is 9.66. The van der Waals surface area contributed by atoms with Gasteiger partial charge in [0.05, 0.1) is 36.6 Å². The van der Waals surface area contributed by atoms with Crippen LogP contribution in [0.15, 0.2) is 29.1 Å². The van der Waals surface area contributed by atoms with Crippen LogP contribution < -0.4 is 5.56 Å². The van der Waals surface area contributed by atoms with Crippen molar-refractivity contribution >= 4 is 10.9 Å². The first kappa shape index (κ1) is 20.3. The average molecular weight is 423 g/mol. The van der Waals surface area contributed by atoms with Gasteiger partial charge >= 0.3 is 0 Å². The van der Waals surface area contributed by atoms with Crippen LogP contribution in [-0.4, -0.2) is 49.5 Å². The van der Waals surface area contributed by atoms with Gasteiger partial charge in [0, 0.05) is 20.1 Å². The number of ether oxygens (including phenoxy) is 1. The maximum Gasteiger partial charge on any atom is 0.261 e. The lowest BCUT2D eigenvalue weighted by molar-refractivity contribution is 0.178. The number of methoxy groups -OCH3 is 1. The standard InChI is InChI=1S/C23H30N6O2/c1-31-15-14-29-22(24-18-9-5-4-8-17(18)23(29)30)19-10-7-12-27(19)16-21-26-25-20-11-3-2-6-13-28(20)21/h4-5,8-9,19H,2-3,6-7,10-16H2,1H3. The second-order valence-corrected chi connectivity index (χ2v) is 8.56. The SMILES string of the molecule is COCCn1c(C2CCCN2Cc2nnc3n2CCCCC3)nc2ccccc2c1=O. The molecule has 1 saturated heterocycles. The van der Waals surface area contributed by atoms with Crippen molar-refractivity contribution < 1.29 is 4.74 Å². The molecule has 31 heavy (non-hydrogen) atoms. The molecule has 4 heterocycles. The van der Waals surface area contributed by atoms with Crippen molar-refractivity contribution in [3.05, 3.63) is 52.1 Å². The third-order valence-corrected chi connectivity index (χ3v) is 6.60. The molecule has 8 heteroatoms. The first-order chi connectivity index (χ1) is 15.3. The number of para-hydroxylation sites is 1. The predicted molar refractivity (Wildman–Crippen MR) is 118 cm³/mol. The van der Waals surface area contributed by atoms with Crippen molar-refractivity contribution in [2.75, 3.05) is 20.3 Å². The Labute approximate surface area is 181 Å². The van der Waals surface area contributed by atoms with Gasteiger partial charge in [0.25, 0.3) is 5.56 Å². The van der Waals surface area contributed by atoms with Gasteiger partial charge in [-0.1, -0.05) is 18.6 Å². The van der Waals surface area contributed by atoms with Crippen molar-refractivity contribution in [2.24, 2.45) is 0 Å². The van der Waals surface area contributed by atoms with Gasteiger partial charge in [-0.05, 0) is 44.4 Å². The lowest BCUT2D eigenvalue weighted by atomic mass is 10.1.